The molecule has 0 spiro atoms. The molecule has 0 aliphatic heterocycles. The van der Waals surface area contributed by atoms with Gasteiger partial charge in [0, 0.05) is 15.5 Å². The van der Waals surface area contributed by atoms with Gasteiger partial charge in [-0.3, -0.25) is 0 Å². The van der Waals surface area contributed by atoms with E-state index < -0.39 is 5.97 Å². The predicted molar refractivity (Wildman–Crippen MR) is 78.6 cm³/mol. The number of aromatic nitrogens is 1. The number of rotatable bonds is 3. The van der Waals surface area contributed by atoms with Gasteiger partial charge >= 0.3 is 5.97 Å². The van der Waals surface area contributed by atoms with Gasteiger partial charge in [-0.25, -0.2) is 9.78 Å². The van der Waals surface area contributed by atoms with E-state index in [2.05, 4.69) is 32.9 Å². The highest BCUT2D eigenvalue weighted by Crippen LogP contribution is 2.21. The van der Waals surface area contributed by atoms with Crippen molar-refractivity contribution in [3.8, 4) is 0 Å². The molecule has 92 valence electrons. The molecule has 2 N–H and O–H groups in total. The molecule has 0 bridgehead atoms. The quantitative estimate of drug-likeness (QED) is 0.803. The molecule has 0 amide bonds. The Kier molecular flexibility index (Phi) is 4.03. The largest absolute Gasteiger partial charge is 0.478 e. The molecule has 18 heavy (non-hydrogen) atoms. The smallest absolute Gasteiger partial charge is 0.337 e. The van der Waals surface area contributed by atoms with Crippen LogP contribution in [0.15, 0.2) is 36.5 Å². The summed E-state index contributed by atoms with van der Waals surface area (Å²) in [5.74, 6) is -0.633. The molecule has 0 saturated heterocycles. The minimum absolute atomic E-state index is 0.0275. The van der Waals surface area contributed by atoms with Crippen LogP contribution in [0, 0.1) is 3.57 Å². The van der Waals surface area contributed by atoms with Crippen molar-refractivity contribution in [3.05, 3.63) is 50.7 Å². The van der Waals surface area contributed by atoms with Crippen molar-refractivity contribution >= 4 is 51.7 Å². The normalized spacial score (nSPS) is 10.1. The lowest BCUT2D eigenvalue weighted by atomic mass is 10.2. The zero-order valence-corrected chi connectivity index (χ0v) is 11.9. The van der Waals surface area contributed by atoms with Crippen LogP contribution < -0.4 is 5.32 Å². The lowest BCUT2D eigenvalue weighted by Gasteiger charge is -2.07. The number of anilines is 2. The highest BCUT2D eigenvalue weighted by atomic mass is 127. The SMILES string of the molecule is O=C(O)c1cc(Nc2ccc(I)cc2)ncc1Cl. The number of hydrogen-bond acceptors (Lipinski definition) is 3. The van der Waals surface area contributed by atoms with E-state index >= 15 is 0 Å². The monoisotopic (exact) mass is 374 g/mol. The van der Waals surface area contributed by atoms with Crippen LogP contribution in [-0.4, -0.2) is 16.1 Å². The molecule has 1 aromatic heterocycles. The second-order valence-electron chi connectivity index (χ2n) is 3.49. The molecule has 0 saturated carbocycles. The first-order valence-corrected chi connectivity index (χ1v) is 6.43. The first-order valence-electron chi connectivity index (χ1n) is 4.97. The summed E-state index contributed by atoms with van der Waals surface area (Å²) in [7, 11) is 0. The fourth-order valence-electron chi connectivity index (χ4n) is 1.35. The third-order valence-corrected chi connectivity index (χ3v) is 3.22. The Hall–Kier alpha value is -1.34. The molecule has 2 aromatic rings. The highest BCUT2D eigenvalue weighted by Gasteiger charge is 2.10. The van der Waals surface area contributed by atoms with Crippen molar-refractivity contribution in [1.82, 2.24) is 4.98 Å². The Labute approximate surface area is 122 Å². The summed E-state index contributed by atoms with van der Waals surface area (Å²) in [6.07, 6.45) is 1.32. The summed E-state index contributed by atoms with van der Waals surface area (Å²) < 4.78 is 1.12. The van der Waals surface area contributed by atoms with Gasteiger partial charge in [-0.05, 0) is 52.9 Å². The van der Waals surface area contributed by atoms with E-state index in [1.165, 1.54) is 12.3 Å². The Morgan fingerprint density at radius 3 is 2.61 bits per heavy atom. The molecular weight excluding hydrogens is 367 g/mol. The number of hydrogen-bond donors (Lipinski definition) is 2. The number of carboxylic acids is 1. The Morgan fingerprint density at radius 1 is 1.33 bits per heavy atom. The minimum Gasteiger partial charge on any atom is -0.478 e. The third kappa shape index (κ3) is 3.11. The molecule has 0 atom stereocenters. The van der Waals surface area contributed by atoms with E-state index in [0.29, 0.717) is 5.82 Å². The average molecular weight is 375 g/mol. The second kappa shape index (κ2) is 5.53. The van der Waals surface area contributed by atoms with Gasteiger partial charge in [0.1, 0.15) is 5.82 Å². The maximum atomic E-state index is 10.9. The van der Waals surface area contributed by atoms with Crippen LogP contribution in [0.1, 0.15) is 10.4 Å². The number of pyridine rings is 1. The van der Waals surface area contributed by atoms with Gasteiger partial charge in [-0.2, -0.15) is 0 Å². The van der Waals surface area contributed by atoms with Crippen LogP contribution in [0.3, 0.4) is 0 Å². The van der Waals surface area contributed by atoms with Gasteiger partial charge in [0.25, 0.3) is 0 Å². The standard InChI is InChI=1S/C12H8ClIN2O2/c13-10-6-15-11(5-9(10)12(17)18)16-8-3-1-7(14)2-4-8/h1-6H,(H,15,16)(H,17,18). The topological polar surface area (TPSA) is 62.2 Å². The van der Waals surface area contributed by atoms with E-state index in [-0.39, 0.29) is 10.6 Å². The fraction of sp³-hybridized carbons (Fsp3) is 0. The zero-order chi connectivity index (χ0) is 13.1. The fourth-order valence-corrected chi connectivity index (χ4v) is 1.90. The maximum absolute atomic E-state index is 10.9. The molecular formula is C12H8ClIN2O2. The Morgan fingerprint density at radius 2 is 2.00 bits per heavy atom. The van der Waals surface area contributed by atoms with Crippen molar-refractivity contribution in [1.29, 1.82) is 0 Å². The predicted octanol–water partition coefficient (Wildman–Crippen LogP) is 3.78. The van der Waals surface area contributed by atoms with Crippen LogP contribution in [0.4, 0.5) is 11.5 Å². The van der Waals surface area contributed by atoms with Gasteiger partial charge in [0.2, 0.25) is 0 Å². The van der Waals surface area contributed by atoms with Crippen molar-refractivity contribution in [2.75, 3.05) is 5.32 Å². The van der Waals surface area contributed by atoms with Gasteiger partial charge in [0.15, 0.2) is 0 Å². The van der Waals surface area contributed by atoms with Crippen LogP contribution in [0.2, 0.25) is 5.02 Å². The van der Waals surface area contributed by atoms with E-state index in [1.807, 2.05) is 24.3 Å². The number of carbonyl (C=O) groups is 1. The number of aromatic carboxylic acids is 1. The van der Waals surface area contributed by atoms with Crippen molar-refractivity contribution < 1.29 is 9.90 Å². The molecule has 0 aliphatic carbocycles. The number of benzene rings is 1. The molecule has 0 unspecified atom stereocenters. The molecule has 2 rings (SSSR count). The molecule has 6 heteroatoms. The molecule has 0 radical (unpaired) electrons. The number of nitrogens with one attached hydrogen (secondary N) is 1. The van der Waals surface area contributed by atoms with Gasteiger partial charge in [-0.15, -0.1) is 0 Å². The minimum atomic E-state index is -1.08. The first-order chi connectivity index (χ1) is 8.56. The summed E-state index contributed by atoms with van der Waals surface area (Å²) in [5.41, 5.74) is 0.862. The zero-order valence-electron chi connectivity index (χ0n) is 9.02. The van der Waals surface area contributed by atoms with E-state index in [4.69, 9.17) is 16.7 Å². The first kappa shape index (κ1) is 13.1. The van der Waals surface area contributed by atoms with Crippen LogP contribution in [0.25, 0.3) is 0 Å². The molecule has 1 aromatic carbocycles. The van der Waals surface area contributed by atoms with Crippen molar-refractivity contribution in [3.63, 3.8) is 0 Å². The number of nitrogens with zero attached hydrogens (tertiary/aromatic N) is 1. The molecule has 1 heterocycles. The summed E-state index contributed by atoms with van der Waals surface area (Å²) in [4.78, 5) is 15.0. The second-order valence-corrected chi connectivity index (χ2v) is 5.14. The highest BCUT2D eigenvalue weighted by molar-refractivity contribution is 14.1. The van der Waals surface area contributed by atoms with Crippen LogP contribution >= 0.6 is 34.2 Å². The van der Waals surface area contributed by atoms with Crippen molar-refractivity contribution in [2.24, 2.45) is 0 Å². The van der Waals surface area contributed by atoms with E-state index in [1.54, 1.807) is 0 Å². The van der Waals surface area contributed by atoms with Gasteiger partial charge in [-0.1, -0.05) is 11.6 Å². The summed E-state index contributed by atoms with van der Waals surface area (Å²) in [5, 5.41) is 12.1. The summed E-state index contributed by atoms with van der Waals surface area (Å²) in [6, 6.07) is 9.06. The molecule has 0 aliphatic rings. The molecule has 0 fully saturated rings. The summed E-state index contributed by atoms with van der Waals surface area (Å²) >= 11 is 7.95. The summed E-state index contributed by atoms with van der Waals surface area (Å²) in [6.45, 7) is 0. The average Bonchev–Trinajstić information content (AvgIpc) is 2.34. The maximum Gasteiger partial charge on any atom is 0.337 e. The number of carboxylic acid groups (broad SMARTS) is 1. The van der Waals surface area contributed by atoms with E-state index in [0.717, 1.165) is 9.26 Å². The lowest BCUT2D eigenvalue weighted by molar-refractivity contribution is 0.0697. The van der Waals surface area contributed by atoms with Gasteiger partial charge in [0.05, 0.1) is 10.6 Å². The molecule has 4 nitrogen and oxygen atoms in total. The lowest BCUT2D eigenvalue weighted by Crippen LogP contribution is -2.01. The van der Waals surface area contributed by atoms with Gasteiger partial charge < -0.3 is 10.4 Å². The van der Waals surface area contributed by atoms with Crippen LogP contribution in [0.5, 0.6) is 0 Å². The van der Waals surface area contributed by atoms with Crippen molar-refractivity contribution in [2.45, 2.75) is 0 Å². The Bertz CT molecular complexity index is 587. The number of halogens is 2. The third-order valence-electron chi connectivity index (χ3n) is 2.20. The Balaban J connectivity index is 2.27. The van der Waals surface area contributed by atoms with Crippen LogP contribution in [-0.2, 0) is 0 Å². The van der Waals surface area contributed by atoms with E-state index in [9.17, 15) is 4.79 Å².